The van der Waals surface area contributed by atoms with E-state index < -0.39 is 0 Å². The molecule has 0 amide bonds. The number of hydrogen-bond donors (Lipinski definition) is 1. The summed E-state index contributed by atoms with van der Waals surface area (Å²) in [5.41, 5.74) is 0.991. The monoisotopic (exact) mass is 291 g/mol. The van der Waals surface area contributed by atoms with E-state index in [4.69, 9.17) is 4.52 Å². The Morgan fingerprint density at radius 1 is 1.55 bits per heavy atom. The lowest BCUT2D eigenvalue weighted by atomic mass is 9.99. The van der Waals surface area contributed by atoms with Crippen molar-refractivity contribution >= 4 is 11.3 Å². The first-order chi connectivity index (χ1) is 9.83. The predicted octanol–water partition coefficient (Wildman–Crippen LogP) is 3.88. The zero-order valence-electron chi connectivity index (χ0n) is 11.8. The van der Waals surface area contributed by atoms with E-state index in [0.717, 1.165) is 24.9 Å². The molecule has 1 atom stereocenters. The molecule has 0 aromatic carbocycles. The molecule has 0 radical (unpaired) electrons. The molecule has 0 saturated carbocycles. The minimum atomic E-state index is 0.598. The fourth-order valence-electron chi connectivity index (χ4n) is 2.06. The maximum absolute atomic E-state index is 5.24. The van der Waals surface area contributed by atoms with Crippen molar-refractivity contribution in [3.05, 3.63) is 35.3 Å². The first kappa shape index (κ1) is 14.9. The maximum atomic E-state index is 5.24. The third-order valence-corrected chi connectivity index (χ3v) is 4.01. The van der Waals surface area contributed by atoms with Crippen molar-refractivity contribution in [2.75, 3.05) is 6.54 Å². The number of thiophene rings is 1. The first-order valence-corrected chi connectivity index (χ1v) is 7.94. The minimum absolute atomic E-state index is 0.598. The highest BCUT2D eigenvalue weighted by molar-refractivity contribution is 7.08. The molecule has 0 aliphatic heterocycles. The summed E-state index contributed by atoms with van der Waals surface area (Å²) >= 11 is 1.62. The van der Waals surface area contributed by atoms with E-state index in [-0.39, 0.29) is 0 Å². The molecule has 0 bridgehead atoms. The normalized spacial score (nSPS) is 12.4. The SMILES string of the molecule is C=CCC(CC)CCNCc1noc(-c2ccsc2)n1. The lowest BCUT2D eigenvalue weighted by molar-refractivity contribution is 0.415. The van der Waals surface area contributed by atoms with Crippen LogP contribution in [0.5, 0.6) is 0 Å². The second-order valence-electron chi connectivity index (χ2n) is 4.79. The van der Waals surface area contributed by atoms with Crippen LogP contribution in [-0.4, -0.2) is 16.7 Å². The van der Waals surface area contributed by atoms with E-state index in [1.165, 1.54) is 6.42 Å². The zero-order chi connectivity index (χ0) is 14.2. The molecule has 4 nitrogen and oxygen atoms in total. The van der Waals surface area contributed by atoms with Crippen molar-refractivity contribution in [3.63, 3.8) is 0 Å². The summed E-state index contributed by atoms with van der Waals surface area (Å²) < 4.78 is 5.24. The Kier molecular flexibility index (Phi) is 5.95. The van der Waals surface area contributed by atoms with Crippen molar-refractivity contribution in [1.29, 1.82) is 0 Å². The molecule has 20 heavy (non-hydrogen) atoms. The lowest BCUT2D eigenvalue weighted by Gasteiger charge is -2.11. The van der Waals surface area contributed by atoms with Crippen molar-refractivity contribution in [1.82, 2.24) is 15.5 Å². The molecular weight excluding hydrogens is 270 g/mol. The number of rotatable bonds is 9. The summed E-state index contributed by atoms with van der Waals surface area (Å²) in [4.78, 5) is 4.38. The van der Waals surface area contributed by atoms with Gasteiger partial charge < -0.3 is 9.84 Å². The van der Waals surface area contributed by atoms with Crippen molar-refractivity contribution in [3.8, 4) is 11.5 Å². The summed E-state index contributed by atoms with van der Waals surface area (Å²) in [6, 6.07) is 1.98. The Labute approximate surface area is 123 Å². The molecule has 1 N–H and O–H groups in total. The van der Waals surface area contributed by atoms with Gasteiger partial charge in [-0.05, 0) is 36.8 Å². The fraction of sp³-hybridized carbons (Fsp3) is 0.467. The highest BCUT2D eigenvalue weighted by Crippen LogP contribution is 2.19. The minimum Gasteiger partial charge on any atom is -0.334 e. The average Bonchev–Trinajstić information content (AvgIpc) is 3.12. The largest absolute Gasteiger partial charge is 0.334 e. The van der Waals surface area contributed by atoms with Crippen LogP contribution in [0, 0.1) is 5.92 Å². The Balaban J connectivity index is 1.73. The highest BCUT2D eigenvalue weighted by Gasteiger charge is 2.09. The molecule has 0 aliphatic rings. The second-order valence-corrected chi connectivity index (χ2v) is 5.57. The van der Waals surface area contributed by atoms with Crippen LogP contribution in [0.15, 0.2) is 34.0 Å². The van der Waals surface area contributed by atoms with Gasteiger partial charge in [0, 0.05) is 5.38 Å². The van der Waals surface area contributed by atoms with Crippen LogP contribution in [-0.2, 0) is 6.54 Å². The quantitative estimate of drug-likeness (QED) is 0.562. The van der Waals surface area contributed by atoms with Gasteiger partial charge in [0.2, 0.25) is 0 Å². The van der Waals surface area contributed by atoms with E-state index in [0.29, 0.717) is 24.2 Å². The summed E-state index contributed by atoms with van der Waals surface area (Å²) in [5.74, 6) is 2.02. The molecule has 1 unspecified atom stereocenters. The van der Waals surface area contributed by atoms with Crippen molar-refractivity contribution < 1.29 is 4.52 Å². The van der Waals surface area contributed by atoms with Crippen LogP contribution in [0.4, 0.5) is 0 Å². The molecule has 108 valence electrons. The van der Waals surface area contributed by atoms with Crippen molar-refractivity contribution in [2.24, 2.45) is 5.92 Å². The van der Waals surface area contributed by atoms with E-state index >= 15 is 0 Å². The number of nitrogens with one attached hydrogen (secondary N) is 1. The topological polar surface area (TPSA) is 51.0 Å². The van der Waals surface area contributed by atoms with Crippen LogP contribution in [0.2, 0.25) is 0 Å². The van der Waals surface area contributed by atoms with Crippen LogP contribution in [0.1, 0.15) is 32.0 Å². The molecule has 0 spiro atoms. The third-order valence-electron chi connectivity index (χ3n) is 3.33. The molecule has 5 heteroatoms. The molecule has 2 heterocycles. The number of hydrogen-bond acceptors (Lipinski definition) is 5. The molecule has 0 aliphatic carbocycles. The maximum Gasteiger partial charge on any atom is 0.258 e. The van der Waals surface area contributed by atoms with Crippen LogP contribution in [0.25, 0.3) is 11.5 Å². The number of allylic oxidation sites excluding steroid dienone is 1. The van der Waals surface area contributed by atoms with Gasteiger partial charge in [-0.2, -0.15) is 16.3 Å². The Morgan fingerprint density at radius 3 is 3.15 bits per heavy atom. The van der Waals surface area contributed by atoms with Gasteiger partial charge in [-0.1, -0.05) is 24.6 Å². The van der Waals surface area contributed by atoms with Gasteiger partial charge in [-0.15, -0.1) is 6.58 Å². The van der Waals surface area contributed by atoms with Gasteiger partial charge in [0.1, 0.15) is 0 Å². The van der Waals surface area contributed by atoms with E-state index in [1.54, 1.807) is 11.3 Å². The standard InChI is InChI=1S/C15H21N3OS/c1-3-5-12(4-2)6-8-16-10-14-17-15(19-18-14)13-7-9-20-11-13/h3,7,9,11-12,16H,1,4-6,8,10H2,2H3. The summed E-state index contributed by atoms with van der Waals surface area (Å²) in [7, 11) is 0. The Bertz CT molecular complexity index is 507. The molecular formula is C15H21N3OS. The summed E-state index contributed by atoms with van der Waals surface area (Å²) in [5, 5.41) is 11.4. The Hall–Kier alpha value is -1.46. The number of nitrogens with zero attached hydrogens (tertiary/aromatic N) is 2. The average molecular weight is 291 g/mol. The van der Waals surface area contributed by atoms with Gasteiger partial charge >= 0.3 is 0 Å². The highest BCUT2D eigenvalue weighted by atomic mass is 32.1. The van der Waals surface area contributed by atoms with Crippen LogP contribution in [0.3, 0.4) is 0 Å². The van der Waals surface area contributed by atoms with Gasteiger partial charge in [0.15, 0.2) is 5.82 Å². The Morgan fingerprint density at radius 2 is 2.45 bits per heavy atom. The summed E-state index contributed by atoms with van der Waals surface area (Å²) in [6.45, 7) is 7.64. The molecule has 0 fully saturated rings. The van der Waals surface area contributed by atoms with Crippen LogP contribution >= 0.6 is 11.3 Å². The fourth-order valence-corrected chi connectivity index (χ4v) is 2.69. The summed E-state index contributed by atoms with van der Waals surface area (Å²) in [6.07, 6.45) is 5.43. The molecule has 2 aromatic heterocycles. The lowest BCUT2D eigenvalue weighted by Crippen LogP contribution is -2.18. The van der Waals surface area contributed by atoms with Gasteiger partial charge in [-0.25, -0.2) is 0 Å². The molecule has 2 rings (SSSR count). The van der Waals surface area contributed by atoms with E-state index in [9.17, 15) is 0 Å². The first-order valence-electron chi connectivity index (χ1n) is 7.00. The zero-order valence-corrected chi connectivity index (χ0v) is 12.7. The van der Waals surface area contributed by atoms with Crippen molar-refractivity contribution in [2.45, 2.75) is 32.7 Å². The molecule has 0 saturated heterocycles. The smallest absolute Gasteiger partial charge is 0.258 e. The van der Waals surface area contributed by atoms with E-state index in [1.807, 2.05) is 22.9 Å². The van der Waals surface area contributed by atoms with Gasteiger partial charge in [0.25, 0.3) is 5.89 Å². The van der Waals surface area contributed by atoms with Gasteiger partial charge in [-0.3, -0.25) is 0 Å². The number of aromatic nitrogens is 2. The van der Waals surface area contributed by atoms with Crippen LogP contribution < -0.4 is 5.32 Å². The predicted molar refractivity (Wildman–Crippen MR) is 82.5 cm³/mol. The van der Waals surface area contributed by atoms with E-state index in [2.05, 4.69) is 29.0 Å². The third kappa shape index (κ3) is 4.28. The molecule has 2 aromatic rings. The second kappa shape index (κ2) is 7.97. The van der Waals surface area contributed by atoms with Gasteiger partial charge in [0.05, 0.1) is 12.1 Å².